The summed E-state index contributed by atoms with van der Waals surface area (Å²) >= 11 is 0. The van der Waals surface area contributed by atoms with Gasteiger partial charge in [-0.25, -0.2) is 5.01 Å². The van der Waals surface area contributed by atoms with Crippen LogP contribution < -0.4 is 5.43 Å². The highest BCUT2D eigenvalue weighted by molar-refractivity contribution is 5.74. The third-order valence-electron chi connectivity index (χ3n) is 1.13. The van der Waals surface area contributed by atoms with Gasteiger partial charge in [-0.1, -0.05) is 0 Å². The van der Waals surface area contributed by atoms with E-state index in [0.29, 0.717) is 0 Å². The van der Waals surface area contributed by atoms with Gasteiger partial charge in [-0.2, -0.15) is 0 Å². The lowest BCUT2D eigenvalue weighted by atomic mass is 10.2. The quantitative estimate of drug-likeness (QED) is 0.528. The molecule has 1 amide bonds. The molecule has 0 radical (unpaired) electrons. The first-order valence-electron chi connectivity index (χ1n) is 4.41. The van der Waals surface area contributed by atoms with E-state index >= 15 is 0 Å². The smallest absolute Gasteiger partial charge is 0.322 e. The summed E-state index contributed by atoms with van der Waals surface area (Å²) in [7, 11) is 1.60. The lowest BCUT2D eigenvalue weighted by Crippen LogP contribution is -2.42. The Morgan fingerprint density at radius 3 is 2.21 bits per heavy atom. The summed E-state index contributed by atoms with van der Waals surface area (Å²) in [5.74, 6) is -0.579. The van der Waals surface area contributed by atoms with E-state index < -0.39 is 5.60 Å². The van der Waals surface area contributed by atoms with Crippen molar-refractivity contribution in [3.05, 3.63) is 0 Å². The molecule has 0 atom stereocenters. The molecular formula is C9H18N2O3. The van der Waals surface area contributed by atoms with Crippen LogP contribution in [0.2, 0.25) is 0 Å². The van der Waals surface area contributed by atoms with Crippen LogP contribution in [0.15, 0.2) is 0 Å². The maximum Gasteiger partial charge on any atom is 0.322 e. The molecule has 0 bridgehead atoms. The van der Waals surface area contributed by atoms with Crippen molar-refractivity contribution in [2.75, 3.05) is 13.6 Å². The fourth-order valence-corrected chi connectivity index (χ4v) is 0.876. The largest absolute Gasteiger partial charge is 0.459 e. The van der Waals surface area contributed by atoms with Crippen molar-refractivity contribution in [1.82, 2.24) is 10.4 Å². The van der Waals surface area contributed by atoms with Crippen molar-refractivity contribution in [2.45, 2.75) is 33.3 Å². The van der Waals surface area contributed by atoms with E-state index in [0.717, 1.165) is 0 Å². The summed E-state index contributed by atoms with van der Waals surface area (Å²) in [6, 6.07) is 0. The van der Waals surface area contributed by atoms with Gasteiger partial charge in [0.15, 0.2) is 0 Å². The zero-order valence-electron chi connectivity index (χ0n) is 9.38. The number of hydrogen-bond acceptors (Lipinski definition) is 4. The van der Waals surface area contributed by atoms with Gasteiger partial charge in [0.05, 0.1) is 0 Å². The van der Waals surface area contributed by atoms with E-state index in [1.807, 2.05) is 0 Å². The Kier molecular flexibility index (Phi) is 4.56. The number of carbonyl (C=O) groups excluding carboxylic acids is 2. The molecule has 0 saturated carbocycles. The predicted octanol–water partition coefficient (Wildman–Crippen LogP) is 0.311. The Morgan fingerprint density at radius 2 is 1.86 bits per heavy atom. The molecule has 0 rings (SSSR count). The molecule has 0 aliphatic heterocycles. The van der Waals surface area contributed by atoms with Crippen molar-refractivity contribution in [3.8, 4) is 0 Å². The van der Waals surface area contributed by atoms with Gasteiger partial charge >= 0.3 is 5.97 Å². The summed E-state index contributed by atoms with van der Waals surface area (Å²) in [5, 5.41) is 1.39. The number of hydrogen-bond donors (Lipinski definition) is 1. The van der Waals surface area contributed by atoms with Gasteiger partial charge in [-0.15, -0.1) is 0 Å². The van der Waals surface area contributed by atoms with Gasteiger partial charge in [0, 0.05) is 14.0 Å². The molecular weight excluding hydrogens is 184 g/mol. The van der Waals surface area contributed by atoms with Gasteiger partial charge in [-0.3, -0.25) is 15.0 Å². The van der Waals surface area contributed by atoms with Crippen molar-refractivity contribution in [3.63, 3.8) is 0 Å². The minimum absolute atomic E-state index is 0.0385. The van der Waals surface area contributed by atoms with Crippen LogP contribution in [0.5, 0.6) is 0 Å². The highest BCUT2D eigenvalue weighted by Gasteiger charge is 2.17. The molecule has 1 N–H and O–H groups in total. The molecule has 0 unspecified atom stereocenters. The monoisotopic (exact) mass is 202 g/mol. The summed E-state index contributed by atoms with van der Waals surface area (Å²) in [6.45, 7) is 6.80. The number of carbonyl (C=O) groups is 2. The number of rotatable bonds is 3. The molecule has 0 aromatic carbocycles. The average Bonchev–Trinajstić information content (AvgIpc) is 1.77. The zero-order chi connectivity index (χ0) is 11.4. The van der Waals surface area contributed by atoms with Crippen LogP contribution in [0.1, 0.15) is 27.7 Å². The fraction of sp³-hybridized carbons (Fsp3) is 0.778. The van der Waals surface area contributed by atoms with Crippen molar-refractivity contribution >= 4 is 11.9 Å². The summed E-state index contributed by atoms with van der Waals surface area (Å²) < 4.78 is 5.06. The highest BCUT2D eigenvalue weighted by atomic mass is 16.6. The van der Waals surface area contributed by atoms with E-state index in [4.69, 9.17) is 4.74 Å². The summed E-state index contributed by atoms with van der Waals surface area (Å²) in [4.78, 5) is 21.9. The van der Waals surface area contributed by atoms with Crippen molar-refractivity contribution in [1.29, 1.82) is 0 Å². The molecule has 82 valence electrons. The van der Waals surface area contributed by atoms with Gasteiger partial charge in [0.1, 0.15) is 12.1 Å². The van der Waals surface area contributed by atoms with Crippen LogP contribution in [0, 0.1) is 0 Å². The normalized spacial score (nSPS) is 11.3. The van der Waals surface area contributed by atoms with Gasteiger partial charge < -0.3 is 4.74 Å². The van der Waals surface area contributed by atoms with E-state index in [1.165, 1.54) is 11.9 Å². The first kappa shape index (κ1) is 12.9. The molecule has 14 heavy (non-hydrogen) atoms. The number of amides is 1. The standard InChI is InChI=1S/C9H18N2O3/c1-7(12)10-11(5)6-8(13)14-9(2,3)4/h6H2,1-5H3,(H,10,12). The van der Waals surface area contributed by atoms with Gasteiger partial charge in [-0.05, 0) is 20.8 Å². The second-order valence-electron chi connectivity index (χ2n) is 4.11. The second-order valence-corrected chi connectivity index (χ2v) is 4.11. The number of ether oxygens (including phenoxy) is 1. The lowest BCUT2D eigenvalue weighted by molar-refractivity contribution is -0.156. The number of likely N-dealkylation sites (N-methyl/N-ethyl adjacent to an activating group) is 1. The van der Waals surface area contributed by atoms with Crippen LogP contribution in [0.3, 0.4) is 0 Å². The fourth-order valence-electron chi connectivity index (χ4n) is 0.876. The minimum Gasteiger partial charge on any atom is -0.459 e. The molecule has 0 heterocycles. The number of hydrazine groups is 1. The SMILES string of the molecule is CC(=O)NN(C)CC(=O)OC(C)(C)C. The van der Waals surface area contributed by atoms with E-state index in [-0.39, 0.29) is 18.4 Å². The first-order chi connectivity index (χ1) is 6.20. The molecule has 0 aromatic rings. The number of nitrogens with one attached hydrogen (secondary N) is 1. The molecule has 0 aliphatic rings. The van der Waals surface area contributed by atoms with Crippen LogP contribution in [0.4, 0.5) is 0 Å². The zero-order valence-corrected chi connectivity index (χ0v) is 9.38. The second kappa shape index (κ2) is 4.95. The molecule has 0 saturated heterocycles. The first-order valence-corrected chi connectivity index (χ1v) is 4.41. The van der Waals surface area contributed by atoms with E-state index in [2.05, 4.69) is 5.43 Å². The molecule has 0 spiro atoms. The van der Waals surface area contributed by atoms with Crippen molar-refractivity contribution in [2.24, 2.45) is 0 Å². The Hall–Kier alpha value is -1.10. The molecule has 0 fully saturated rings. The topological polar surface area (TPSA) is 58.6 Å². The molecule has 0 aromatic heterocycles. The maximum absolute atomic E-state index is 11.2. The number of nitrogens with zero attached hydrogens (tertiary/aromatic N) is 1. The van der Waals surface area contributed by atoms with Crippen LogP contribution >= 0.6 is 0 Å². The lowest BCUT2D eigenvalue weighted by Gasteiger charge is -2.22. The van der Waals surface area contributed by atoms with Crippen LogP contribution in [-0.4, -0.2) is 36.1 Å². The van der Waals surface area contributed by atoms with Crippen LogP contribution in [0.25, 0.3) is 0 Å². The van der Waals surface area contributed by atoms with Gasteiger partial charge in [0.2, 0.25) is 5.91 Å². The molecule has 0 aliphatic carbocycles. The predicted molar refractivity (Wildman–Crippen MR) is 52.3 cm³/mol. The van der Waals surface area contributed by atoms with E-state index in [9.17, 15) is 9.59 Å². The molecule has 5 nitrogen and oxygen atoms in total. The van der Waals surface area contributed by atoms with E-state index in [1.54, 1.807) is 27.8 Å². The summed E-state index contributed by atoms with van der Waals surface area (Å²) in [6.07, 6.45) is 0. The van der Waals surface area contributed by atoms with Crippen LogP contribution in [-0.2, 0) is 14.3 Å². The Labute approximate surface area is 84.4 Å². The third-order valence-corrected chi connectivity index (χ3v) is 1.13. The third kappa shape index (κ3) is 7.54. The Balaban J connectivity index is 3.89. The number of esters is 1. The Morgan fingerprint density at radius 1 is 1.36 bits per heavy atom. The average molecular weight is 202 g/mol. The highest BCUT2D eigenvalue weighted by Crippen LogP contribution is 2.06. The van der Waals surface area contributed by atoms with Crippen molar-refractivity contribution < 1.29 is 14.3 Å². The minimum atomic E-state index is -0.492. The van der Waals surface area contributed by atoms with Gasteiger partial charge in [0.25, 0.3) is 0 Å². The maximum atomic E-state index is 11.2. The summed E-state index contributed by atoms with van der Waals surface area (Å²) in [5.41, 5.74) is 1.96. The molecule has 5 heteroatoms. The Bertz CT molecular complexity index is 221.